The lowest BCUT2D eigenvalue weighted by molar-refractivity contribution is -0.384. The fourth-order valence-electron chi connectivity index (χ4n) is 1.65. The number of hydrogen-bond donors (Lipinski definition) is 1. The summed E-state index contributed by atoms with van der Waals surface area (Å²) in [5, 5.41) is 10.7. The van der Waals surface area contributed by atoms with Crippen molar-refractivity contribution in [1.82, 2.24) is 4.57 Å². The summed E-state index contributed by atoms with van der Waals surface area (Å²) in [6.45, 7) is 0.186. The van der Waals surface area contributed by atoms with Crippen LogP contribution in [0.2, 0.25) is 0 Å². The molecule has 0 fully saturated rings. The second-order valence-corrected chi connectivity index (χ2v) is 4.87. The van der Waals surface area contributed by atoms with Crippen LogP contribution in [-0.4, -0.2) is 9.49 Å². The van der Waals surface area contributed by atoms with Crippen molar-refractivity contribution in [3.63, 3.8) is 0 Å². The summed E-state index contributed by atoms with van der Waals surface area (Å²) in [5.74, 6) is 0. The Morgan fingerprint density at radius 3 is 2.74 bits per heavy atom. The summed E-state index contributed by atoms with van der Waals surface area (Å²) in [6, 6.07) is 7.23. The Morgan fingerprint density at radius 1 is 1.32 bits per heavy atom. The predicted octanol–water partition coefficient (Wildman–Crippen LogP) is 2.15. The summed E-state index contributed by atoms with van der Waals surface area (Å²) in [6.07, 6.45) is 1.61. The van der Waals surface area contributed by atoms with Gasteiger partial charge in [-0.25, -0.2) is 0 Å². The van der Waals surface area contributed by atoms with E-state index in [0.29, 0.717) is 11.3 Å². The lowest BCUT2D eigenvalue weighted by atomic mass is 10.1. The minimum absolute atomic E-state index is 0.0488. The first-order valence-electron chi connectivity index (χ1n) is 5.36. The highest BCUT2D eigenvalue weighted by molar-refractivity contribution is 9.10. The zero-order valence-electron chi connectivity index (χ0n) is 9.75. The normalized spacial score (nSPS) is 10.4. The first-order valence-corrected chi connectivity index (χ1v) is 6.15. The van der Waals surface area contributed by atoms with Gasteiger partial charge in [-0.15, -0.1) is 0 Å². The Bertz CT molecular complexity index is 697. The maximum Gasteiger partial charge on any atom is 0.269 e. The van der Waals surface area contributed by atoms with E-state index in [-0.39, 0.29) is 17.8 Å². The zero-order chi connectivity index (χ0) is 14.0. The lowest BCUT2D eigenvalue weighted by Crippen LogP contribution is -2.19. The number of benzene rings is 1. The summed E-state index contributed by atoms with van der Waals surface area (Å²) in [4.78, 5) is 21.9. The maximum atomic E-state index is 11.7. The molecular formula is C12H10BrN3O3. The number of nitro benzene ring substituents is 1. The summed E-state index contributed by atoms with van der Waals surface area (Å²) >= 11 is 3.27. The van der Waals surface area contributed by atoms with Gasteiger partial charge in [-0.2, -0.15) is 0 Å². The largest absolute Gasteiger partial charge is 0.398 e. The van der Waals surface area contributed by atoms with Gasteiger partial charge < -0.3 is 10.3 Å². The SMILES string of the molecule is Nc1ccc([N+](=O)[O-])cc1Cn1cc(Br)ccc1=O. The molecule has 7 heteroatoms. The molecule has 0 amide bonds. The second-order valence-electron chi connectivity index (χ2n) is 3.95. The van der Waals surface area contributed by atoms with Crippen LogP contribution in [0, 0.1) is 10.1 Å². The molecule has 6 nitrogen and oxygen atoms in total. The van der Waals surface area contributed by atoms with Crippen molar-refractivity contribution in [2.45, 2.75) is 6.54 Å². The number of rotatable bonds is 3. The minimum Gasteiger partial charge on any atom is -0.398 e. The highest BCUT2D eigenvalue weighted by atomic mass is 79.9. The fourth-order valence-corrected chi connectivity index (χ4v) is 2.03. The van der Waals surface area contributed by atoms with E-state index in [1.165, 1.54) is 28.8 Å². The molecule has 0 atom stereocenters. The van der Waals surface area contributed by atoms with Crippen molar-refractivity contribution in [1.29, 1.82) is 0 Å². The smallest absolute Gasteiger partial charge is 0.269 e. The summed E-state index contributed by atoms with van der Waals surface area (Å²) in [5.41, 5.74) is 6.48. The first kappa shape index (κ1) is 13.3. The van der Waals surface area contributed by atoms with Crippen molar-refractivity contribution in [3.8, 4) is 0 Å². The number of aromatic nitrogens is 1. The molecule has 19 heavy (non-hydrogen) atoms. The van der Waals surface area contributed by atoms with Gasteiger partial charge in [0.1, 0.15) is 0 Å². The predicted molar refractivity (Wildman–Crippen MR) is 75.0 cm³/mol. The Morgan fingerprint density at radius 2 is 2.05 bits per heavy atom. The van der Waals surface area contributed by atoms with Gasteiger partial charge in [0.2, 0.25) is 0 Å². The van der Waals surface area contributed by atoms with Crippen LogP contribution in [0.1, 0.15) is 5.56 Å². The number of pyridine rings is 1. The molecule has 0 radical (unpaired) electrons. The van der Waals surface area contributed by atoms with Gasteiger partial charge in [0.05, 0.1) is 11.5 Å². The average molecular weight is 324 g/mol. The van der Waals surface area contributed by atoms with Crippen LogP contribution in [-0.2, 0) is 6.54 Å². The van der Waals surface area contributed by atoms with Gasteiger partial charge in [-0.3, -0.25) is 14.9 Å². The number of nitrogens with zero attached hydrogens (tertiary/aromatic N) is 2. The molecular weight excluding hydrogens is 314 g/mol. The monoisotopic (exact) mass is 323 g/mol. The molecule has 0 aliphatic heterocycles. The van der Waals surface area contributed by atoms with Crippen LogP contribution in [0.3, 0.4) is 0 Å². The Kier molecular flexibility index (Phi) is 3.66. The Hall–Kier alpha value is -2.15. The third-order valence-corrected chi connectivity index (χ3v) is 3.09. The van der Waals surface area contributed by atoms with Crippen LogP contribution in [0.15, 0.2) is 45.8 Å². The van der Waals surface area contributed by atoms with E-state index in [1.807, 2.05) is 0 Å². The van der Waals surface area contributed by atoms with Crippen LogP contribution >= 0.6 is 15.9 Å². The van der Waals surface area contributed by atoms with Crippen molar-refractivity contribution >= 4 is 27.3 Å². The van der Waals surface area contributed by atoms with Crippen molar-refractivity contribution in [3.05, 3.63) is 67.0 Å². The fraction of sp³-hybridized carbons (Fsp3) is 0.0833. The van der Waals surface area contributed by atoms with Gasteiger partial charge in [0.15, 0.2) is 0 Å². The molecule has 0 saturated heterocycles. The van der Waals surface area contributed by atoms with E-state index in [2.05, 4.69) is 15.9 Å². The third kappa shape index (κ3) is 3.00. The van der Waals surface area contributed by atoms with E-state index in [4.69, 9.17) is 5.73 Å². The molecule has 1 heterocycles. The minimum atomic E-state index is -0.493. The highest BCUT2D eigenvalue weighted by Crippen LogP contribution is 2.20. The van der Waals surface area contributed by atoms with Gasteiger partial charge in [-0.1, -0.05) is 0 Å². The van der Waals surface area contributed by atoms with Crippen LogP contribution in [0.5, 0.6) is 0 Å². The van der Waals surface area contributed by atoms with E-state index in [0.717, 1.165) is 4.47 Å². The van der Waals surface area contributed by atoms with Gasteiger partial charge in [-0.05, 0) is 28.1 Å². The first-order chi connectivity index (χ1) is 8.97. The van der Waals surface area contributed by atoms with Crippen LogP contribution in [0.25, 0.3) is 0 Å². The molecule has 2 aromatic rings. The van der Waals surface area contributed by atoms with Gasteiger partial charge >= 0.3 is 0 Å². The molecule has 0 aliphatic rings. The zero-order valence-corrected chi connectivity index (χ0v) is 11.3. The molecule has 0 spiro atoms. The maximum absolute atomic E-state index is 11.7. The van der Waals surface area contributed by atoms with Crippen molar-refractivity contribution in [2.75, 3.05) is 5.73 Å². The molecule has 1 aromatic carbocycles. The number of non-ortho nitro benzene ring substituents is 1. The molecule has 0 aliphatic carbocycles. The quantitative estimate of drug-likeness (QED) is 0.532. The number of halogens is 1. The van der Waals surface area contributed by atoms with E-state index in [1.54, 1.807) is 12.3 Å². The molecule has 1 aromatic heterocycles. The summed E-state index contributed by atoms with van der Waals surface area (Å²) in [7, 11) is 0. The third-order valence-electron chi connectivity index (χ3n) is 2.63. The van der Waals surface area contributed by atoms with E-state index >= 15 is 0 Å². The van der Waals surface area contributed by atoms with E-state index < -0.39 is 4.92 Å². The molecule has 2 rings (SSSR count). The Balaban J connectivity index is 2.43. The van der Waals surface area contributed by atoms with Crippen molar-refractivity contribution < 1.29 is 4.92 Å². The highest BCUT2D eigenvalue weighted by Gasteiger charge is 2.10. The number of nitrogen functional groups attached to an aromatic ring is 1. The molecule has 98 valence electrons. The average Bonchev–Trinajstić information content (AvgIpc) is 2.36. The molecule has 0 saturated carbocycles. The molecule has 0 unspecified atom stereocenters. The molecule has 2 N–H and O–H groups in total. The standard InChI is InChI=1S/C12H10BrN3O3/c13-9-1-4-12(17)15(7-9)6-8-5-10(16(18)19)2-3-11(8)14/h1-5,7H,6,14H2. The number of anilines is 1. The topological polar surface area (TPSA) is 91.2 Å². The Labute approximate surface area is 116 Å². The van der Waals surface area contributed by atoms with Crippen LogP contribution < -0.4 is 11.3 Å². The van der Waals surface area contributed by atoms with E-state index in [9.17, 15) is 14.9 Å². The second kappa shape index (κ2) is 5.23. The number of hydrogen-bond acceptors (Lipinski definition) is 4. The summed E-state index contributed by atoms with van der Waals surface area (Å²) < 4.78 is 2.18. The van der Waals surface area contributed by atoms with Crippen molar-refractivity contribution in [2.24, 2.45) is 0 Å². The number of nitro groups is 1. The van der Waals surface area contributed by atoms with Crippen LogP contribution in [0.4, 0.5) is 11.4 Å². The molecule has 0 bridgehead atoms. The van der Waals surface area contributed by atoms with Gasteiger partial charge in [0, 0.05) is 40.1 Å². The lowest BCUT2D eigenvalue weighted by Gasteiger charge is -2.08. The number of nitrogens with two attached hydrogens (primary N) is 1. The van der Waals surface area contributed by atoms with Gasteiger partial charge in [0.25, 0.3) is 11.2 Å².